The van der Waals surface area contributed by atoms with Crippen LogP contribution in [0.3, 0.4) is 0 Å². The van der Waals surface area contributed by atoms with Gasteiger partial charge in [0.25, 0.3) is 0 Å². The number of allylic oxidation sites excluding steroid dienone is 1. The lowest BCUT2D eigenvalue weighted by Gasteiger charge is -2.03. The normalized spacial score (nSPS) is 9.28. The third-order valence-corrected chi connectivity index (χ3v) is 2.70. The minimum Gasteiger partial charge on any atom is -0.388 e. The van der Waals surface area contributed by atoms with Crippen molar-refractivity contribution in [2.24, 2.45) is 0 Å². The lowest BCUT2D eigenvalue weighted by atomic mass is 10.0. The van der Waals surface area contributed by atoms with Crippen LogP contribution in [-0.4, -0.2) is 7.05 Å². The van der Waals surface area contributed by atoms with Crippen molar-refractivity contribution in [2.75, 3.05) is 12.4 Å². The zero-order valence-electron chi connectivity index (χ0n) is 9.94. The van der Waals surface area contributed by atoms with Crippen LogP contribution in [0.5, 0.6) is 0 Å². The molecule has 0 aliphatic carbocycles. The van der Waals surface area contributed by atoms with Gasteiger partial charge < -0.3 is 5.32 Å². The van der Waals surface area contributed by atoms with Crippen LogP contribution in [0, 0.1) is 22.7 Å². The highest BCUT2D eigenvalue weighted by atomic mass is 14.8. The molecular formula is C15H11N3. The van der Waals surface area contributed by atoms with E-state index in [-0.39, 0.29) is 5.57 Å². The second kappa shape index (κ2) is 5.03. The SMILES string of the molecule is CNc1ccc2cc(C=C(C#N)C#N)ccc2c1. The highest BCUT2D eigenvalue weighted by Gasteiger charge is 1.98. The molecule has 0 saturated carbocycles. The molecule has 2 aromatic carbocycles. The summed E-state index contributed by atoms with van der Waals surface area (Å²) in [6.45, 7) is 0. The first-order valence-electron chi connectivity index (χ1n) is 5.50. The molecule has 3 heteroatoms. The average molecular weight is 233 g/mol. The van der Waals surface area contributed by atoms with E-state index in [0.29, 0.717) is 0 Å². The van der Waals surface area contributed by atoms with Crippen molar-refractivity contribution in [3.05, 3.63) is 47.5 Å². The van der Waals surface area contributed by atoms with E-state index < -0.39 is 0 Å². The molecule has 0 atom stereocenters. The van der Waals surface area contributed by atoms with Gasteiger partial charge >= 0.3 is 0 Å². The van der Waals surface area contributed by atoms with Gasteiger partial charge in [-0.05, 0) is 40.6 Å². The van der Waals surface area contributed by atoms with Crippen LogP contribution >= 0.6 is 0 Å². The number of hydrogen-bond donors (Lipinski definition) is 1. The van der Waals surface area contributed by atoms with Gasteiger partial charge in [0.2, 0.25) is 0 Å². The van der Waals surface area contributed by atoms with E-state index in [1.54, 1.807) is 6.08 Å². The van der Waals surface area contributed by atoms with Crippen molar-refractivity contribution in [3.8, 4) is 12.1 Å². The van der Waals surface area contributed by atoms with Crippen molar-refractivity contribution in [3.63, 3.8) is 0 Å². The number of nitrogens with zero attached hydrogens (tertiary/aromatic N) is 2. The molecule has 0 amide bonds. The lowest BCUT2D eigenvalue weighted by Crippen LogP contribution is -1.87. The Kier molecular flexibility index (Phi) is 3.27. The Bertz CT molecular complexity index is 684. The number of rotatable bonds is 2. The highest BCUT2D eigenvalue weighted by Crippen LogP contribution is 2.21. The van der Waals surface area contributed by atoms with E-state index in [2.05, 4.69) is 11.4 Å². The largest absolute Gasteiger partial charge is 0.388 e. The van der Waals surface area contributed by atoms with Gasteiger partial charge in [-0.25, -0.2) is 0 Å². The van der Waals surface area contributed by atoms with E-state index >= 15 is 0 Å². The third-order valence-electron chi connectivity index (χ3n) is 2.70. The molecule has 0 fully saturated rings. The highest BCUT2D eigenvalue weighted by molar-refractivity contribution is 5.88. The molecule has 18 heavy (non-hydrogen) atoms. The van der Waals surface area contributed by atoms with Gasteiger partial charge in [0, 0.05) is 12.7 Å². The first-order valence-corrected chi connectivity index (χ1v) is 5.50. The predicted molar refractivity (Wildman–Crippen MR) is 72.7 cm³/mol. The van der Waals surface area contributed by atoms with Gasteiger partial charge in [-0.2, -0.15) is 10.5 Å². The number of fused-ring (bicyclic) bond motifs is 1. The van der Waals surface area contributed by atoms with Crippen LogP contribution in [0.2, 0.25) is 0 Å². The number of benzene rings is 2. The van der Waals surface area contributed by atoms with Gasteiger partial charge in [0.15, 0.2) is 0 Å². The molecule has 1 N–H and O–H groups in total. The maximum absolute atomic E-state index is 8.72. The van der Waals surface area contributed by atoms with Crippen molar-refractivity contribution in [2.45, 2.75) is 0 Å². The Balaban J connectivity index is 2.50. The summed E-state index contributed by atoms with van der Waals surface area (Å²) in [5.41, 5.74) is 2.03. The average Bonchev–Trinajstić information content (AvgIpc) is 2.44. The molecule has 0 aliphatic rings. The molecule has 2 aromatic rings. The van der Waals surface area contributed by atoms with Crippen molar-refractivity contribution >= 4 is 22.5 Å². The Morgan fingerprint density at radius 1 is 1.06 bits per heavy atom. The summed E-state index contributed by atoms with van der Waals surface area (Å²) in [7, 11) is 1.88. The summed E-state index contributed by atoms with van der Waals surface area (Å²) in [5.74, 6) is 0. The molecule has 86 valence electrons. The molecule has 0 radical (unpaired) electrons. The summed E-state index contributed by atoms with van der Waals surface area (Å²) in [6.07, 6.45) is 1.59. The van der Waals surface area contributed by atoms with Crippen LogP contribution in [0.25, 0.3) is 16.8 Å². The number of nitrogens with one attached hydrogen (secondary N) is 1. The summed E-state index contributed by atoms with van der Waals surface area (Å²) in [5, 5.41) is 22.7. The Hall–Kier alpha value is -2.78. The monoisotopic (exact) mass is 233 g/mol. The van der Waals surface area contributed by atoms with Crippen LogP contribution < -0.4 is 5.32 Å². The zero-order chi connectivity index (χ0) is 13.0. The Morgan fingerprint density at radius 3 is 2.39 bits per heavy atom. The van der Waals surface area contributed by atoms with Gasteiger partial charge in [-0.3, -0.25) is 0 Å². The third kappa shape index (κ3) is 2.31. The fourth-order valence-corrected chi connectivity index (χ4v) is 1.77. The van der Waals surface area contributed by atoms with Crippen LogP contribution in [0.1, 0.15) is 5.56 Å². The van der Waals surface area contributed by atoms with Crippen molar-refractivity contribution in [1.82, 2.24) is 0 Å². The van der Waals surface area contributed by atoms with E-state index in [1.807, 2.05) is 49.5 Å². The molecule has 0 saturated heterocycles. The Morgan fingerprint density at radius 2 is 1.72 bits per heavy atom. The van der Waals surface area contributed by atoms with E-state index in [0.717, 1.165) is 22.0 Å². The fraction of sp³-hybridized carbons (Fsp3) is 0.0667. The first-order chi connectivity index (χ1) is 8.76. The summed E-state index contributed by atoms with van der Waals surface area (Å²) >= 11 is 0. The minimum atomic E-state index is 0.112. The molecule has 0 aliphatic heterocycles. The standard InChI is InChI=1S/C15H11N3/c1-18-15-5-4-13-7-11(2-3-14(13)8-15)6-12(9-16)10-17/h2-8,18H,1H3. The van der Waals surface area contributed by atoms with Crippen molar-refractivity contribution < 1.29 is 0 Å². The zero-order valence-corrected chi connectivity index (χ0v) is 9.94. The topological polar surface area (TPSA) is 59.6 Å². The number of anilines is 1. The second-order valence-electron chi connectivity index (χ2n) is 3.85. The van der Waals surface area contributed by atoms with Gasteiger partial charge in [0.05, 0.1) is 0 Å². The van der Waals surface area contributed by atoms with Crippen LogP contribution in [0.15, 0.2) is 42.0 Å². The summed E-state index contributed by atoms with van der Waals surface area (Å²) in [4.78, 5) is 0. The van der Waals surface area contributed by atoms with Gasteiger partial charge in [-0.1, -0.05) is 18.2 Å². The molecule has 0 bridgehead atoms. The van der Waals surface area contributed by atoms with E-state index in [9.17, 15) is 0 Å². The van der Waals surface area contributed by atoms with E-state index in [1.165, 1.54) is 0 Å². The molecule has 0 aromatic heterocycles. The minimum absolute atomic E-state index is 0.112. The van der Waals surface area contributed by atoms with Crippen LogP contribution in [0.4, 0.5) is 5.69 Å². The second-order valence-corrected chi connectivity index (χ2v) is 3.85. The first kappa shape index (κ1) is 11.7. The van der Waals surface area contributed by atoms with Gasteiger partial charge in [0.1, 0.15) is 17.7 Å². The maximum Gasteiger partial charge on any atom is 0.130 e. The summed E-state index contributed by atoms with van der Waals surface area (Å²) in [6, 6.07) is 15.6. The van der Waals surface area contributed by atoms with Crippen LogP contribution in [-0.2, 0) is 0 Å². The fourth-order valence-electron chi connectivity index (χ4n) is 1.77. The Labute approximate surface area is 106 Å². The lowest BCUT2D eigenvalue weighted by molar-refractivity contribution is 1.47. The molecule has 0 spiro atoms. The molecule has 3 nitrogen and oxygen atoms in total. The van der Waals surface area contributed by atoms with E-state index in [4.69, 9.17) is 10.5 Å². The maximum atomic E-state index is 8.72. The molecule has 0 heterocycles. The number of hydrogen-bond acceptors (Lipinski definition) is 3. The summed E-state index contributed by atoms with van der Waals surface area (Å²) < 4.78 is 0. The molecule has 0 unspecified atom stereocenters. The number of nitriles is 2. The molecule has 2 rings (SSSR count). The predicted octanol–water partition coefficient (Wildman–Crippen LogP) is 3.31. The van der Waals surface area contributed by atoms with Gasteiger partial charge in [-0.15, -0.1) is 0 Å². The van der Waals surface area contributed by atoms with Crippen molar-refractivity contribution in [1.29, 1.82) is 10.5 Å². The quantitative estimate of drug-likeness (QED) is 0.809. The molecular weight excluding hydrogens is 222 g/mol. The smallest absolute Gasteiger partial charge is 0.130 e.